The standard InChI is InChI=1S/C10H22NO5PS/c1-5-15-10(13)9(4)11-17(14,18-6-2)16-7-8(3)12/h8-9,12H,5-7H2,1-4H3,(H,11,14). The van der Waals surface area contributed by atoms with Crippen molar-refractivity contribution >= 4 is 24.1 Å². The van der Waals surface area contributed by atoms with E-state index in [0.29, 0.717) is 5.75 Å². The monoisotopic (exact) mass is 299 g/mol. The second-order valence-electron chi connectivity index (χ2n) is 3.66. The minimum absolute atomic E-state index is 0.0488. The summed E-state index contributed by atoms with van der Waals surface area (Å²) < 4.78 is 22.3. The van der Waals surface area contributed by atoms with Crippen LogP contribution in [-0.2, 0) is 18.6 Å². The summed E-state index contributed by atoms with van der Waals surface area (Å²) in [5.41, 5.74) is 0. The molecule has 3 atom stereocenters. The van der Waals surface area contributed by atoms with Crippen LogP contribution in [-0.4, -0.2) is 42.2 Å². The van der Waals surface area contributed by atoms with E-state index in [9.17, 15) is 9.36 Å². The van der Waals surface area contributed by atoms with Crippen LogP contribution < -0.4 is 5.09 Å². The lowest BCUT2D eigenvalue weighted by molar-refractivity contribution is -0.144. The van der Waals surface area contributed by atoms with E-state index in [2.05, 4.69) is 5.09 Å². The third-order valence-corrected chi connectivity index (χ3v) is 5.99. The summed E-state index contributed by atoms with van der Waals surface area (Å²) >= 11 is 1.09. The first-order valence-electron chi connectivity index (χ1n) is 5.86. The van der Waals surface area contributed by atoms with Gasteiger partial charge in [0.25, 0.3) is 0 Å². The molecule has 0 fully saturated rings. The highest BCUT2D eigenvalue weighted by molar-refractivity contribution is 8.56. The SMILES string of the molecule is CCOC(=O)C(C)NP(=O)(OCC(C)O)SCC. The van der Waals surface area contributed by atoms with Crippen LogP contribution in [0.3, 0.4) is 0 Å². The molecule has 18 heavy (non-hydrogen) atoms. The van der Waals surface area contributed by atoms with Crippen molar-refractivity contribution in [3.63, 3.8) is 0 Å². The average Bonchev–Trinajstić information content (AvgIpc) is 2.27. The van der Waals surface area contributed by atoms with Crippen LogP contribution in [0.2, 0.25) is 0 Å². The van der Waals surface area contributed by atoms with E-state index in [1.807, 2.05) is 6.92 Å². The van der Waals surface area contributed by atoms with E-state index in [1.165, 1.54) is 6.92 Å². The summed E-state index contributed by atoms with van der Waals surface area (Å²) in [4.78, 5) is 11.4. The molecule has 8 heteroatoms. The van der Waals surface area contributed by atoms with Gasteiger partial charge in [0.05, 0.1) is 19.3 Å². The summed E-state index contributed by atoms with van der Waals surface area (Å²) in [6.45, 7) is 3.65. The second-order valence-corrected chi connectivity index (χ2v) is 8.23. The average molecular weight is 299 g/mol. The lowest BCUT2D eigenvalue weighted by atomic mass is 10.4. The Labute approximate surface area is 112 Å². The first kappa shape index (κ1) is 17.9. The van der Waals surface area contributed by atoms with Crippen molar-refractivity contribution in [2.24, 2.45) is 0 Å². The van der Waals surface area contributed by atoms with Gasteiger partial charge in [-0.15, -0.1) is 0 Å². The minimum atomic E-state index is -3.20. The molecule has 0 bridgehead atoms. The zero-order valence-corrected chi connectivity index (χ0v) is 12.9. The lowest BCUT2D eigenvalue weighted by Crippen LogP contribution is -2.33. The van der Waals surface area contributed by atoms with Crippen LogP contribution in [0.25, 0.3) is 0 Å². The Kier molecular flexibility index (Phi) is 8.90. The summed E-state index contributed by atoms with van der Waals surface area (Å²) in [6, 6.07) is -0.719. The van der Waals surface area contributed by atoms with Crippen LogP contribution in [0.4, 0.5) is 0 Å². The highest BCUT2D eigenvalue weighted by atomic mass is 32.7. The Balaban J connectivity index is 4.49. The fraction of sp³-hybridized carbons (Fsp3) is 0.900. The second kappa shape index (κ2) is 8.93. The van der Waals surface area contributed by atoms with Crippen molar-refractivity contribution in [2.75, 3.05) is 19.0 Å². The summed E-state index contributed by atoms with van der Waals surface area (Å²) in [5.74, 6) is 0.0923. The molecular weight excluding hydrogens is 277 g/mol. The molecule has 0 amide bonds. The summed E-state index contributed by atoms with van der Waals surface area (Å²) in [7, 11) is 0. The number of carbonyl (C=O) groups excluding carboxylic acids is 1. The van der Waals surface area contributed by atoms with Crippen LogP contribution in [0.1, 0.15) is 27.7 Å². The topological polar surface area (TPSA) is 84.9 Å². The Morgan fingerprint density at radius 2 is 2.06 bits per heavy atom. The highest BCUT2D eigenvalue weighted by Gasteiger charge is 2.29. The lowest BCUT2D eigenvalue weighted by Gasteiger charge is -2.22. The molecule has 3 unspecified atom stereocenters. The molecule has 0 aromatic rings. The van der Waals surface area contributed by atoms with Crippen molar-refractivity contribution in [1.82, 2.24) is 5.09 Å². The molecule has 0 heterocycles. The molecule has 108 valence electrons. The highest BCUT2D eigenvalue weighted by Crippen LogP contribution is 2.56. The number of carbonyl (C=O) groups is 1. The van der Waals surface area contributed by atoms with Crippen molar-refractivity contribution < 1.29 is 23.7 Å². The molecule has 0 aliphatic carbocycles. The fourth-order valence-corrected chi connectivity index (χ4v) is 4.72. The molecule has 2 N–H and O–H groups in total. The van der Waals surface area contributed by atoms with E-state index in [1.54, 1.807) is 13.8 Å². The van der Waals surface area contributed by atoms with Crippen LogP contribution >= 0.6 is 18.1 Å². The summed E-state index contributed by atoms with van der Waals surface area (Å²) in [6.07, 6.45) is -0.713. The molecule has 0 aliphatic rings. The van der Waals surface area contributed by atoms with Gasteiger partial charge in [0, 0.05) is 5.75 Å². The Bertz CT molecular complexity index is 300. The van der Waals surface area contributed by atoms with E-state index in [0.717, 1.165) is 11.4 Å². The van der Waals surface area contributed by atoms with Gasteiger partial charge in [-0.3, -0.25) is 9.36 Å². The molecule has 0 aliphatic heterocycles. The molecule has 0 aromatic carbocycles. The molecule has 0 spiro atoms. The fourth-order valence-electron chi connectivity index (χ4n) is 1.04. The number of aliphatic hydroxyl groups is 1. The van der Waals surface area contributed by atoms with E-state index in [-0.39, 0.29) is 13.2 Å². The third kappa shape index (κ3) is 7.38. The number of aliphatic hydroxyl groups excluding tert-OH is 1. The number of ether oxygens (including phenoxy) is 1. The number of rotatable bonds is 9. The molecule has 0 saturated heterocycles. The van der Waals surface area contributed by atoms with Crippen LogP contribution in [0, 0.1) is 0 Å². The Morgan fingerprint density at radius 3 is 2.50 bits per heavy atom. The summed E-state index contributed by atoms with van der Waals surface area (Å²) in [5, 5.41) is 11.8. The van der Waals surface area contributed by atoms with Gasteiger partial charge < -0.3 is 14.4 Å². The Morgan fingerprint density at radius 1 is 1.44 bits per heavy atom. The Hall–Kier alpha value is -0.0700. The smallest absolute Gasteiger partial charge is 0.327 e. The maximum atomic E-state index is 12.3. The molecule has 0 aromatic heterocycles. The normalized spacial score (nSPS) is 17.8. The maximum absolute atomic E-state index is 12.3. The van der Waals surface area contributed by atoms with Crippen molar-refractivity contribution in [2.45, 2.75) is 39.8 Å². The molecule has 6 nitrogen and oxygen atoms in total. The maximum Gasteiger partial charge on any atom is 0.327 e. The van der Waals surface area contributed by atoms with Gasteiger partial charge in [0.2, 0.25) is 0 Å². The van der Waals surface area contributed by atoms with Gasteiger partial charge in [-0.1, -0.05) is 18.3 Å². The van der Waals surface area contributed by atoms with Gasteiger partial charge in [0.1, 0.15) is 6.04 Å². The van der Waals surface area contributed by atoms with E-state index in [4.69, 9.17) is 14.4 Å². The van der Waals surface area contributed by atoms with E-state index < -0.39 is 24.8 Å². The molecule has 0 rings (SSSR count). The van der Waals surface area contributed by atoms with Gasteiger partial charge in [-0.2, -0.15) is 0 Å². The zero-order chi connectivity index (χ0) is 14.2. The number of hydrogen-bond donors (Lipinski definition) is 2. The molecular formula is C10H22NO5PS. The minimum Gasteiger partial charge on any atom is -0.465 e. The van der Waals surface area contributed by atoms with Crippen molar-refractivity contribution in [3.05, 3.63) is 0 Å². The van der Waals surface area contributed by atoms with Gasteiger partial charge in [-0.05, 0) is 20.8 Å². The third-order valence-electron chi connectivity index (χ3n) is 1.78. The predicted octanol–water partition coefficient (Wildman–Crippen LogP) is 1.79. The zero-order valence-electron chi connectivity index (χ0n) is 11.2. The van der Waals surface area contributed by atoms with Crippen molar-refractivity contribution in [3.8, 4) is 0 Å². The predicted molar refractivity (Wildman–Crippen MR) is 72.6 cm³/mol. The van der Waals surface area contributed by atoms with Crippen molar-refractivity contribution in [1.29, 1.82) is 0 Å². The molecule has 0 radical (unpaired) electrons. The van der Waals surface area contributed by atoms with E-state index >= 15 is 0 Å². The molecule has 0 saturated carbocycles. The number of nitrogens with one attached hydrogen (secondary N) is 1. The van der Waals surface area contributed by atoms with Crippen LogP contribution in [0.5, 0.6) is 0 Å². The van der Waals surface area contributed by atoms with Gasteiger partial charge in [0.15, 0.2) is 0 Å². The van der Waals surface area contributed by atoms with Gasteiger partial charge >= 0.3 is 12.7 Å². The largest absolute Gasteiger partial charge is 0.465 e. The quantitative estimate of drug-likeness (QED) is 0.496. The first-order chi connectivity index (χ1) is 8.34. The number of esters is 1. The number of hydrogen-bond acceptors (Lipinski definition) is 6. The van der Waals surface area contributed by atoms with Crippen LogP contribution in [0.15, 0.2) is 0 Å². The van der Waals surface area contributed by atoms with Gasteiger partial charge in [-0.25, -0.2) is 5.09 Å². The first-order valence-corrected chi connectivity index (χ1v) is 9.07.